The number of halogens is 1. The Bertz CT molecular complexity index is 908. The van der Waals surface area contributed by atoms with Crippen molar-refractivity contribution in [3.05, 3.63) is 64.7 Å². The maximum Gasteiger partial charge on any atom is 0.267 e. The van der Waals surface area contributed by atoms with Crippen molar-refractivity contribution >= 4 is 34.8 Å². The molecule has 4 rings (SSSR count). The number of carbonyl (C=O) groups excluding carboxylic acids is 2. The summed E-state index contributed by atoms with van der Waals surface area (Å²) in [5.41, 5.74) is 3.46. The molecule has 0 aromatic heterocycles. The number of nitrogens with one attached hydrogen (secondary N) is 1. The van der Waals surface area contributed by atoms with Gasteiger partial charge in [-0.25, -0.2) is 5.01 Å². The van der Waals surface area contributed by atoms with Crippen LogP contribution in [0.4, 0.5) is 5.69 Å². The minimum atomic E-state index is -0.205. The predicted octanol–water partition coefficient (Wildman–Crippen LogP) is 4.02. The largest absolute Gasteiger partial charge is 0.344 e. The molecule has 0 spiro atoms. The zero-order valence-electron chi connectivity index (χ0n) is 14.8. The Morgan fingerprint density at radius 1 is 1.07 bits per heavy atom. The summed E-state index contributed by atoms with van der Waals surface area (Å²) in [6, 6.07) is 15.1. The van der Waals surface area contributed by atoms with Crippen molar-refractivity contribution in [2.24, 2.45) is 5.10 Å². The van der Waals surface area contributed by atoms with Crippen molar-refractivity contribution in [3.8, 4) is 0 Å². The molecular formula is C21H20ClN3O2. The van der Waals surface area contributed by atoms with Gasteiger partial charge in [-0.1, -0.05) is 35.9 Å². The third-order valence-corrected chi connectivity index (χ3v) is 5.29. The number of rotatable bonds is 3. The molecule has 0 saturated heterocycles. The molecule has 2 aliphatic rings. The van der Waals surface area contributed by atoms with Gasteiger partial charge < -0.3 is 5.32 Å². The van der Waals surface area contributed by atoms with Gasteiger partial charge in [-0.05, 0) is 54.7 Å². The lowest BCUT2D eigenvalue weighted by Crippen LogP contribution is -2.41. The fraction of sp³-hybridized carbons (Fsp3) is 0.286. The molecular weight excluding hydrogens is 362 g/mol. The van der Waals surface area contributed by atoms with Crippen molar-refractivity contribution in [1.29, 1.82) is 0 Å². The summed E-state index contributed by atoms with van der Waals surface area (Å²) >= 11 is 5.91. The molecule has 1 aliphatic carbocycles. The number of anilines is 1. The van der Waals surface area contributed by atoms with Gasteiger partial charge in [-0.2, -0.15) is 5.10 Å². The van der Waals surface area contributed by atoms with Crippen LogP contribution in [0.1, 0.15) is 42.9 Å². The van der Waals surface area contributed by atoms with Gasteiger partial charge in [0.1, 0.15) is 5.71 Å². The topological polar surface area (TPSA) is 61.8 Å². The normalized spacial score (nSPS) is 19.3. The fourth-order valence-corrected chi connectivity index (χ4v) is 3.77. The zero-order valence-corrected chi connectivity index (χ0v) is 15.6. The summed E-state index contributed by atoms with van der Waals surface area (Å²) in [5, 5.41) is 9.32. The van der Waals surface area contributed by atoms with Gasteiger partial charge in [0.25, 0.3) is 5.91 Å². The van der Waals surface area contributed by atoms with E-state index in [9.17, 15) is 9.59 Å². The Morgan fingerprint density at radius 2 is 1.85 bits per heavy atom. The molecule has 6 heteroatoms. The highest BCUT2D eigenvalue weighted by molar-refractivity contribution is 6.40. The van der Waals surface area contributed by atoms with Gasteiger partial charge in [-0.15, -0.1) is 0 Å². The Balaban J connectivity index is 1.54. The quantitative estimate of drug-likeness (QED) is 0.872. The average Bonchev–Trinajstić information content (AvgIpc) is 2.69. The van der Waals surface area contributed by atoms with Gasteiger partial charge in [0.05, 0.1) is 11.7 Å². The number of hydrogen-bond donors (Lipinski definition) is 1. The fourth-order valence-electron chi connectivity index (χ4n) is 3.65. The van der Waals surface area contributed by atoms with E-state index in [0.29, 0.717) is 22.8 Å². The van der Waals surface area contributed by atoms with Crippen molar-refractivity contribution in [1.82, 2.24) is 5.32 Å². The molecule has 27 heavy (non-hydrogen) atoms. The first-order valence-electron chi connectivity index (χ1n) is 9.16. The summed E-state index contributed by atoms with van der Waals surface area (Å²) < 4.78 is 0. The molecule has 2 aromatic rings. The van der Waals surface area contributed by atoms with Crippen LogP contribution >= 0.6 is 11.6 Å². The molecule has 1 heterocycles. The second kappa shape index (κ2) is 7.53. The smallest absolute Gasteiger partial charge is 0.267 e. The molecule has 1 aliphatic heterocycles. The first kappa shape index (κ1) is 17.7. The second-order valence-electron chi connectivity index (χ2n) is 6.85. The number of carbonyl (C=O) groups is 2. The van der Waals surface area contributed by atoms with E-state index in [4.69, 9.17) is 11.6 Å². The second-order valence-corrected chi connectivity index (χ2v) is 7.28. The number of amides is 2. The summed E-state index contributed by atoms with van der Waals surface area (Å²) in [5.74, 6) is -0.333. The van der Waals surface area contributed by atoms with E-state index in [1.807, 2.05) is 12.1 Å². The van der Waals surface area contributed by atoms with Crippen molar-refractivity contribution in [3.63, 3.8) is 0 Å². The Labute approximate surface area is 163 Å². The first-order valence-corrected chi connectivity index (χ1v) is 9.54. The maximum atomic E-state index is 12.8. The van der Waals surface area contributed by atoms with Crippen molar-refractivity contribution in [2.45, 2.75) is 38.1 Å². The standard InChI is InChI=1S/C21H20ClN3O2/c22-15-8-10-16(11-9-15)25-20(26)13-12-19(24-25)21(27)23-18-7-3-5-14-4-1-2-6-17(14)18/h1-2,4,6,8-11,18H,3,5,7,12-13H2,(H,23,27). The highest BCUT2D eigenvalue weighted by Gasteiger charge is 2.28. The summed E-state index contributed by atoms with van der Waals surface area (Å²) in [6.07, 6.45) is 3.61. The van der Waals surface area contributed by atoms with Gasteiger partial charge >= 0.3 is 0 Å². The van der Waals surface area contributed by atoms with Crippen LogP contribution in [0.25, 0.3) is 0 Å². The highest BCUT2D eigenvalue weighted by atomic mass is 35.5. The Hall–Kier alpha value is -2.66. The molecule has 138 valence electrons. The third-order valence-electron chi connectivity index (χ3n) is 5.04. The molecule has 1 unspecified atom stereocenters. The first-order chi connectivity index (χ1) is 13.1. The van der Waals surface area contributed by atoms with Crippen LogP contribution in [0.5, 0.6) is 0 Å². The van der Waals surface area contributed by atoms with E-state index < -0.39 is 0 Å². The van der Waals surface area contributed by atoms with E-state index in [1.165, 1.54) is 16.1 Å². The van der Waals surface area contributed by atoms with Crippen LogP contribution < -0.4 is 10.3 Å². The molecule has 0 saturated carbocycles. The summed E-state index contributed by atoms with van der Waals surface area (Å²) in [7, 11) is 0. The molecule has 5 nitrogen and oxygen atoms in total. The van der Waals surface area contributed by atoms with Crippen LogP contribution in [-0.4, -0.2) is 17.5 Å². The molecule has 0 bridgehead atoms. The average molecular weight is 382 g/mol. The number of fused-ring (bicyclic) bond motifs is 1. The van der Waals surface area contributed by atoms with E-state index in [-0.39, 0.29) is 24.3 Å². The van der Waals surface area contributed by atoms with Gasteiger partial charge in [0.2, 0.25) is 5.91 Å². The van der Waals surface area contributed by atoms with Crippen LogP contribution in [0.15, 0.2) is 53.6 Å². The van der Waals surface area contributed by atoms with Gasteiger partial charge in [-0.3, -0.25) is 9.59 Å². The lowest BCUT2D eigenvalue weighted by molar-refractivity contribution is -0.119. The number of nitrogens with zero attached hydrogens (tertiary/aromatic N) is 2. The maximum absolute atomic E-state index is 12.8. The highest BCUT2D eigenvalue weighted by Crippen LogP contribution is 2.29. The molecule has 0 fully saturated rings. The number of benzene rings is 2. The van der Waals surface area contributed by atoms with E-state index in [2.05, 4.69) is 22.6 Å². The van der Waals surface area contributed by atoms with Crippen LogP contribution in [0, 0.1) is 0 Å². The van der Waals surface area contributed by atoms with Crippen molar-refractivity contribution in [2.75, 3.05) is 5.01 Å². The van der Waals surface area contributed by atoms with Crippen molar-refractivity contribution < 1.29 is 9.59 Å². The van der Waals surface area contributed by atoms with Gasteiger partial charge in [0, 0.05) is 17.9 Å². The Kier molecular flexibility index (Phi) is 4.94. The lowest BCUT2D eigenvalue weighted by atomic mass is 9.87. The summed E-state index contributed by atoms with van der Waals surface area (Å²) in [6.45, 7) is 0. The van der Waals surface area contributed by atoms with E-state index >= 15 is 0 Å². The minimum Gasteiger partial charge on any atom is -0.344 e. The third kappa shape index (κ3) is 3.74. The van der Waals surface area contributed by atoms with Crippen LogP contribution in [0.3, 0.4) is 0 Å². The Morgan fingerprint density at radius 3 is 2.67 bits per heavy atom. The number of aryl methyl sites for hydroxylation is 1. The minimum absolute atomic E-state index is 0.00763. The van der Waals surface area contributed by atoms with Gasteiger partial charge in [0.15, 0.2) is 0 Å². The number of hydrogen-bond acceptors (Lipinski definition) is 3. The monoisotopic (exact) mass is 381 g/mol. The molecule has 2 amide bonds. The van der Waals surface area contributed by atoms with Crippen LogP contribution in [-0.2, 0) is 16.0 Å². The summed E-state index contributed by atoms with van der Waals surface area (Å²) in [4.78, 5) is 25.1. The SMILES string of the molecule is O=C(NC1CCCc2ccccc21)C1=NN(c2ccc(Cl)cc2)C(=O)CC1. The molecule has 1 N–H and O–H groups in total. The number of hydrazone groups is 1. The predicted molar refractivity (Wildman–Crippen MR) is 106 cm³/mol. The van der Waals surface area contributed by atoms with E-state index in [1.54, 1.807) is 24.3 Å². The zero-order chi connectivity index (χ0) is 18.8. The molecule has 1 atom stereocenters. The molecule has 2 aromatic carbocycles. The molecule has 0 radical (unpaired) electrons. The van der Waals surface area contributed by atoms with Crippen LogP contribution in [0.2, 0.25) is 5.02 Å². The lowest BCUT2D eigenvalue weighted by Gasteiger charge is -2.28. The van der Waals surface area contributed by atoms with E-state index in [0.717, 1.165) is 19.3 Å².